The van der Waals surface area contributed by atoms with Crippen LogP contribution in [0.2, 0.25) is 5.02 Å². The molecule has 1 amide bonds. The second-order valence-corrected chi connectivity index (χ2v) is 6.89. The van der Waals surface area contributed by atoms with Crippen molar-refractivity contribution >= 4 is 17.5 Å². The third-order valence-corrected chi connectivity index (χ3v) is 4.70. The first-order valence-corrected chi connectivity index (χ1v) is 9.06. The number of aryl methyl sites for hydroxylation is 3. The number of hydrogen-bond acceptors (Lipinski definition) is 3. The van der Waals surface area contributed by atoms with Crippen LogP contribution < -0.4 is 10.1 Å². The Morgan fingerprint density at radius 3 is 2.52 bits per heavy atom. The van der Waals surface area contributed by atoms with Crippen LogP contribution in [0, 0.1) is 13.8 Å². The molecule has 0 spiro atoms. The average molecular weight is 384 g/mol. The second kappa shape index (κ2) is 8.27. The molecule has 5 nitrogen and oxygen atoms in total. The molecule has 1 aromatic heterocycles. The molecule has 0 fully saturated rings. The summed E-state index contributed by atoms with van der Waals surface area (Å²) in [6.07, 6.45) is 0. The van der Waals surface area contributed by atoms with Crippen molar-refractivity contribution in [1.29, 1.82) is 0 Å². The first-order valence-electron chi connectivity index (χ1n) is 8.68. The van der Waals surface area contributed by atoms with Crippen molar-refractivity contribution in [3.8, 4) is 5.75 Å². The molecule has 3 aromatic rings. The van der Waals surface area contributed by atoms with E-state index in [1.54, 1.807) is 16.8 Å². The molecule has 0 radical (unpaired) electrons. The molecule has 0 atom stereocenters. The fraction of sp³-hybridized carbons (Fsp3) is 0.238. The number of nitrogens with one attached hydrogen (secondary N) is 1. The molecular weight excluding hydrogens is 362 g/mol. The Balaban J connectivity index is 1.55. The van der Waals surface area contributed by atoms with E-state index in [0.29, 0.717) is 18.7 Å². The van der Waals surface area contributed by atoms with Crippen LogP contribution in [0.1, 0.15) is 32.9 Å². The molecule has 27 heavy (non-hydrogen) atoms. The van der Waals surface area contributed by atoms with Crippen molar-refractivity contribution in [3.05, 3.63) is 81.6 Å². The number of hydrogen-bond donors (Lipinski definition) is 1. The lowest BCUT2D eigenvalue weighted by atomic mass is 10.1. The van der Waals surface area contributed by atoms with Crippen LogP contribution in [-0.4, -0.2) is 15.7 Å². The van der Waals surface area contributed by atoms with Crippen LogP contribution in [0.15, 0.2) is 48.5 Å². The number of ether oxygens (including phenoxy) is 1. The molecule has 0 saturated heterocycles. The van der Waals surface area contributed by atoms with Gasteiger partial charge in [0.25, 0.3) is 5.91 Å². The SMILES string of the molecule is Cc1cc(CNC(=O)c2ccc(COc3ccc(Cl)c(C)c3)cc2)n(C)n1. The molecule has 0 bridgehead atoms. The zero-order valence-electron chi connectivity index (χ0n) is 15.6. The third-order valence-electron chi connectivity index (χ3n) is 4.28. The average Bonchev–Trinajstić information content (AvgIpc) is 2.98. The lowest BCUT2D eigenvalue weighted by Gasteiger charge is -2.09. The largest absolute Gasteiger partial charge is 0.489 e. The van der Waals surface area contributed by atoms with Gasteiger partial charge in [-0.15, -0.1) is 0 Å². The normalized spacial score (nSPS) is 10.7. The minimum atomic E-state index is -0.116. The first kappa shape index (κ1) is 19.0. The zero-order chi connectivity index (χ0) is 19.4. The number of benzene rings is 2. The van der Waals surface area contributed by atoms with Gasteiger partial charge in [0.2, 0.25) is 0 Å². The van der Waals surface area contributed by atoms with Crippen molar-refractivity contribution in [3.63, 3.8) is 0 Å². The number of rotatable bonds is 6. The number of carbonyl (C=O) groups excluding carboxylic acids is 1. The maximum Gasteiger partial charge on any atom is 0.251 e. The van der Waals surface area contributed by atoms with Gasteiger partial charge in [-0.3, -0.25) is 9.48 Å². The topological polar surface area (TPSA) is 56.1 Å². The minimum absolute atomic E-state index is 0.116. The lowest BCUT2D eigenvalue weighted by Crippen LogP contribution is -2.24. The predicted molar refractivity (Wildman–Crippen MR) is 106 cm³/mol. The molecule has 0 aliphatic heterocycles. The fourth-order valence-corrected chi connectivity index (χ4v) is 2.85. The Kier molecular flexibility index (Phi) is 5.81. The van der Waals surface area contributed by atoms with Gasteiger partial charge in [0.1, 0.15) is 12.4 Å². The van der Waals surface area contributed by atoms with Crippen molar-refractivity contribution in [2.75, 3.05) is 0 Å². The standard InChI is InChI=1S/C21H22ClN3O2/c1-14-10-19(8-9-20(14)22)27-13-16-4-6-17(7-5-16)21(26)23-12-18-11-15(2)24-25(18)3/h4-11H,12-13H2,1-3H3,(H,23,26). The number of carbonyl (C=O) groups is 1. The van der Waals surface area contributed by atoms with Crippen LogP contribution in [0.3, 0.4) is 0 Å². The summed E-state index contributed by atoms with van der Waals surface area (Å²) in [5, 5.41) is 7.91. The van der Waals surface area contributed by atoms with E-state index < -0.39 is 0 Å². The molecule has 6 heteroatoms. The molecule has 0 saturated carbocycles. The van der Waals surface area contributed by atoms with Gasteiger partial charge >= 0.3 is 0 Å². The third kappa shape index (κ3) is 4.89. The van der Waals surface area contributed by atoms with Crippen molar-refractivity contribution in [1.82, 2.24) is 15.1 Å². The van der Waals surface area contributed by atoms with Gasteiger partial charge in [0.15, 0.2) is 0 Å². The monoisotopic (exact) mass is 383 g/mol. The summed E-state index contributed by atoms with van der Waals surface area (Å²) < 4.78 is 7.55. The van der Waals surface area contributed by atoms with Gasteiger partial charge in [-0.2, -0.15) is 5.10 Å². The number of halogens is 1. The molecular formula is C21H22ClN3O2. The Bertz CT molecular complexity index is 949. The zero-order valence-corrected chi connectivity index (χ0v) is 16.4. The molecule has 0 unspecified atom stereocenters. The highest BCUT2D eigenvalue weighted by Crippen LogP contribution is 2.21. The van der Waals surface area contributed by atoms with E-state index >= 15 is 0 Å². The second-order valence-electron chi connectivity index (χ2n) is 6.48. The summed E-state index contributed by atoms with van der Waals surface area (Å²) in [4.78, 5) is 12.3. The fourth-order valence-electron chi connectivity index (χ4n) is 2.73. The maximum atomic E-state index is 12.3. The number of nitrogens with zero attached hydrogens (tertiary/aromatic N) is 2. The van der Waals surface area contributed by atoms with Gasteiger partial charge in [0, 0.05) is 17.6 Å². The summed E-state index contributed by atoms with van der Waals surface area (Å²) in [5.74, 6) is 0.653. The predicted octanol–water partition coefficient (Wildman–Crippen LogP) is 4.20. The van der Waals surface area contributed by atoms with E-state index in [-0.39, 0.29) is 5.91 Å². The molecule has 2 aromatic carbocycles. The van der Waals surface area contributed by atoms with E-state index in [0.717, 1.165) is 33.3 Å². The van der Waals surface area contributed by atoms with E-state index in [1.165, 1.54) is 0 Å². The molecule has 0 aliphatic rings. The molecule has 140 valence electrons. The van der Waals surface area contributed by atoms with Crippen molar-refractivity contribution < 1.29 is 9.53 Å². The first-order chi connectivity index (χ1) is 12.9. The van der Waals surface area contributed by atoms with Gasteiger partial charge < -0.3 is 10.1 Å². The van der Waals surface area contributed by atoms with Crippen LogP contribution >= 0.6 is 11.6 Å². The smallest absolute Gasteiger partial charge is 0.251 e. The van der Waals surface area contributed by atoms with Crippen LogP contribution in [0.25, 0.3) is 0 Å². The van der Waals surface area contributed by atoms with E-state index in [4.69, 9.17) is 16.3 Å². The summed E-state index contributed by atoms with van der Waals surface area (Å²) in [6.45, 7) is 4.74. The van der Waals surface area contributed by atoms with E-state index in [9.17, 15) is 4.79 Å². The highest BCUT2D eigenvalue weighted by Gasteiger charge is 2.08. The highest BCUT2D eigenvalue weighted by atomic mass is 35.5. The Hall–Kier alpha value is -2.79. The van der Waals surface area contributed by atoms with Crippen LogP contribution in [0.5, 0.6) is 5.75 Å². The van der Waals surface area contributed by atoms with E-state index in [2.05, 4.69) is 10.4 Å². The van der Waals surface area contributed by atoms with Gasteiger partial charge in [-0.05, 0) is 61.4 Å². The van der Waals surface area contributed by atoms with Crippen LogP contribution in [-0.2, 0) is 20.2 Å². The van der Waals surface area contributed by atoms with Gasteiger partial charge in [-0.1, -0.05) is 23.7 Å². The number of amides is 1. The molecule has 3 rings (SSSR count). The summed E-state index contributed by atoms with van der Waals surface area (Å²) in [6, 6.07) is 14.9. The molecule has 0 aliphatic carbocycles. The Morgan fingerprint density at radius 2 is 1.89 bits per heavy atom. The Labute approximate surface area is 163 Å². The maximum absolute atomic E-state index is 12.3. The lowest BCUT2D eigenvalue weighted by molar-refractivity contribution is 0.0950. The molecule has 1 N–H and O–H groups in total. The quantitative estimate of drug-likeness (QED) is 0.694. The molecule has 1 heterocycles. The summed E-state index contributed by atoms with van der Waals surface area (Å²) >= 11 is 6.02. The number of aromatic nitrogens is 2. The van der Waals surface area contributed by atoms with Crippen molar-refractivity contribution in [2.45, 2.75) is 27.0 Å². The van der Waals surface area contributed by atoms with Crippen LogP contribution in [0.4, 0.5) is 0 Å². The van der Waals surface area contributed by atoms with Gasteiger partial charge in [-0.25, -0.2) is 0 Å². The summed E-state index contributed by atoms with van der Waals surface area (Å²) in [7, 11) is 1.87. The highest BCUT2D eigenvalue weighted by molar-refractivity contribution is 6.31. The Morgan fingerprint density at radius 1 is 1.15 bits per heavy atom. The minimum Gasteiger partial charge on any atom is -0.489 e. The summed E-state index contributed by atoms with van der Waals surface area (Å²) in [5.41, 5.74) is 4.47. The van der Waals surface area contributed by atoms with Gasteiger partial charge in [0.05, 0.1) is 17.9 Å². The van der Waals surface area contributed by atoms with Crippen molar-refractivity contribution in [2.24, 2.45) is 7.05 Å². The van der Waals surface area contributed by atoms with E-state index in [1.807, 2.05) is 57.3 Å².